The van der Waals surface area contributed by atoms with E-state index in [9.17, 15) is 4.79 Å². The lowest BCUT2D eigenvalue weighted by molar-refractivity contribution is -0.116. The Bertz CT molecular complexity index is 1200. The van der Waals surface area contributed by atoms with Crippen molar-refractivity contribution in [1.29, 1.82) is 0 Å². The lowest BCUT2D eigenvalue weighted by Crippen LogP contribution is -2.44. The van der Waals surface area contributed by atoms with Gasteiger partial charge >= 0.3 is 0 Å². The number of carbonyl (C=O) groups excluding carboxylic acids is 1. The highest BCUT2D eigenvalue weighted by Crippen LogP contribution is 2.64. The summed E-state index contributed by atoms with van der Waals surface area (Å²) in [6, 6.07) is 14.8. The average Bonchev–Trinajstić information content (AvgIpc) is 3.38. The summed E-state index contributed by atoms with van der Waals surface area (Å²) in [6.45, 7) is 4.39. The zero-order chi connectivity index (χ0) is 22.6. The molecule has 33 heavy (non-hydrogen) atoms. The van der Waals surface area contributed by atoms with E-state index in [-0.39, 0.29) is 11.3 Å². The minimum atomic E-state index is 0.0492. The van der Waals surface area contributed by atoms with Gasteiger partial charge in [-0.2, -0.15) is 5.10 Å². The Labute approximate surface area is 195 Å². The summed E-state index contributed by atoms with van der Waals surface area (Å²) < 4.78 is 0. The van der Waals surface area contributed by atoms with Gasteiger partial charge in [-0.1, -0.05) is 37.3 Å². The van der Waals surface area contributed by atoms with E-state index in [2.05, 4.69) is 51.7 Å². The van der Waals surface area contributed by atoms with Gasteiger partial charge in [-0.25, -0.2) is 4.98 Å². The van der Waals surface area contributed by atoms with E-state index in [1.165, 1.54) is 36.9 Å². The Morgan fingerprint density at radius 2 is 2.03 bits per heavy atom. The summed E-state index contributed by atoms with van der Waals surface area (Å²) in [4.78, 5) is 17.3. The number of anilines is 1. The van der Waals surface area contributed by atoms with Crippen LogP contribution in [-0.2, 0) is 16.6 Å². The van der Waals surface area contributed by atoms with E-state index in [1.54, 1.807) is 11.1 Å². The molecule has 5 nitrogen and oxygen atoms in total. The molecule has 0 saturated heterocycles. The molecule has 1 saturated carbocycles. The molecule has 5 heteroatoms. The fourth-order valence-corrected chi connectivity index (χ4v) is 7.47. The second kappa shape index (κ2) is 7.82. The van der Waals surface area contributed by atoms with Crippen molar-refractivity contribution >= 4 is 11.7 Å². The van der Waals surface area contributed by atoms with Gasteiger partial charge in [0.05, 0.1) is 6.20 Å². The molecular formula is C28H32N4O. The Morgan fingerprint density at radius 3 is 2.91 bits per heavy atom. The zero-order valence-electron chi connectivity index (χ0n) is 19.5. The SMILES string of the molecule is Cc1cccc(NC(=O)CC[C@@H]2c3cn[nH]c3[C@@]3(C)CCC4c5ccccc5CCC4C23)n1. The standard InChI is InChI=1S/C28H32N4O/c1-17-6-5-9-24(30-17)31-25(33)13-12-22-23-16-29-32-27(23)28(2)15-14-20-19-8-4-3-7-18(19)10-11-21(20)26(22)28/h3-9,16,20-22,26H,10-15H2,1-2H3,(H,29,32)(H,30,31,33)/t20?,21?,22-,26?,28+/m1/s1. The molecule has 170 valence electrons. The molecule has 3 aromatic rings. The lowest BCUT2D eigenvalue weighted by Gasteiger charge is -2.50. The van der Waals surface area contributed by atoms with Crippen molar-refractivity contribution in [3.8, 4) is 0 Å². The van der Waals surface area contributed by atoms with Crippen molar-refractivity contribution in [3.05, 3.63) is 76.7 Å². The molecule has 2 aromatic heterocycles. The predicted molar refractivity (Wildman–Crippen MR) is 129 cm³/mol. The first-order valence-electron chi connectivity index (χ1n) is 12.4. The van der Waals surface area contributed by atoms with Gasteiger partial charge in [0.1, 0.15) is 5.82 Å². The minimum absolute atomic E-state index is 0.0492. The highest BCUT2D eigenvalue weighted by Gasteiger charge is 2.57. The Hall–Kier alpha value is -2.95. The minimum Gasteiger partial charge on any atom is -0.311 e. The molecule has 0 radical (unpaired) electrons. The van der Waals surface area contributed by atoms with Crippen molar-refractivity contribution in [1.82, 2.24) is 15.2 Å². The first kappa shape index (κ1) is 20.6. The number of aromatic amines is 1. The quantitative estimate of drug-likeness (QED) is 0.551. The van der Waals surface area contributed by atoms with Crippen LogP contribution in [0.5, 0.6) is 0 Å². The molecule has 0 aliphatic heterocycles. The Balaban J connectivity index is 1.26. The van der Waals surface area contributed by atoms with Gasteiger partial charge in [-0.15, -0.1) is 0 Å². The van der Waals surface area contributed by atoms with Crippen molar-refractivity contribution in [2.45, 2.75) is 69.6 Å². The summed E-state index contributed by atoms with van der Waals surface area (Å²) in [5.41, 5.74) is 6.83. The Kier molecular flexibility index (Phi) is 4.89. The lowest BCUT2D eigenvalue weighted by atomic mass is 9.53. The van der Waals surface area contributed by atoms with Crippen LogP contribution < -0.4 is 5.32 Å². The molecule has 3 unspecified atom stereocenters. The Morgan fingerprint density at radius 1 is 1.15 bits per heavy atom. The molecule has 1 fully saturated rings. The van der Waals surface area contributed by atoms with Gasteiger partial charge in [0, 0.05) is 23.2 Å². The molecule has 0 spiro atoms. The highest BCUT2D eigenvalue weighted by molar-refractivity contribution is 5.89. The van der Waals surface area contributed by atoms with Crippen LogP contribution in [-0.4, -0.2) is 21.1 Å². The molecule has 3 aliphatic carbocycles. The van der Waals surface area contributed by atoms with Crippen LogP contribution in [0.15, 0.2) is 48.7 Å². The van der Waals surface area contributed by atoms with Crippen LogP contribution in [0.25, 0.3) is 0 Å². The number of hydrogen-bond donors (Lipinski definition) is 2. The second-order valence-electron chi connectivity index (χ2n) is 10.5. The maximum absolute atomic E-state index is 12.8. The first-order valence-corrected chi connectivity index (χ1v) is 12.4. The third kappa shape index (κ3) is 3.32. The van der Waals surface area contributed by atoms with Gasteiger partial charge in [0.15, 0.2) is 0 Å². The molecule has 1 aromatic carbocycles. The van der Waals surface area contributed by atoms with Crippen molar-refractivity contribution < 1.29 is 4.79 Å². The van der Waals surface area contributed by atoms with Crippen LogP contribution in [0.3, 0.4) is 0 Å². The maximum atomic E-state index is 12.8. The fraction of sp³-hybridized carbons (Fsp3) is 0.464. The number of nitrogens with one attached hydrogen (secondary N) is 2. The van der Waals surface area contributed by atoms with Crippen LogP contribution in [0, 0.1) is 18.8 Å². The normalized spacial score (nSPS) is 29.5. The van der Waals surface area contributed by atoms with E-state index >= 15 is 0 Å². The van der Waals surface area contributed by atoms with Crippen LogP contribution in [0.1, 0.15) is 78.9 Å². The molecule has 1 amide bonds. The third-order valence-corrected chi connectivity index (χ3v) is 8.80. The van der Waals surface area contributed by atoms with Gasteiger partial charge < -0.3 is 5.32 Å². The topological polar surface area (TPSA) is 70.7 Å². The van der Waals surface area contributed by atoms with Gasteiger partial charge in [-0.3, -0.25) is 9.89 Å². The average molecular weight is 441 g/mol. The second-order valence-corrected chi connectivity index (χ2v) is 10.5. The van der Waals surface area contributed by atoms with E-state index in [0.29, 0.717) is 35.9 Å². The number of aryl methyl sites for hydroxylation is 2. The summed E-state index contributed by atoms with van der Waals surface area (Å²) in [5.74, 6) is 2.91. The van der Waals surface area contributed by atoms with Crippen molar-refractivity contribution in [2.75, 3.05) is 5.32 Å². The van der Waals surface area contributed by atoms with Crippen molar-refractivity contribution in [2.24, 2.45) is 11.8 Å². The third-order valence-electron chi connectivity index (χ3n) is 8.80. The number of nitrogens with zero attached hydrogens (tertiary/aromatic N) is 2. The molecule has 6 rings (SSSR count). The number of hydrogen-bond acceptors (Lipinski definition) is 3. The molecule has 2 N–H and O–H groups in total. The summed E-state index contributed by atoms with van der Waals surface area (Å²) in [5, 5.41) is 10.8. The van der Waals surface area contributed by atoms with Gasteiger partial charge in [-0.05, 0) is 91.5 Å². The largest absolute Gasteiger partial charge is 0.311 e. The molecule has 3 aliphatic rings. The summed E-state index contributed by atoms with van der Waals surface area (Å²) in [7, 11) is 0. The van der Waals surface area contributed by atoms with Crippen LogP contribution in [0.2, 0.25) is 0 Å². The monoisotopic (exact) mass is 440 g/mol. The van der Waals surface area contributed by atoms with E-state index in [0.717, 1.165) is 12.1 Å². The summed E-state index contributed by atoms with van der Waals surface area (Å²) in [6.07, 6.45) is 8.23. The fourth-order valence-electron chi connectivity index (χ4n) is 7.47. The number of pyridine rings is 1. The van der Waals surface area contributed by atoms with E-state index in [4.69, 9.17) is 0 Å². The van der Waals surface area contributed by atoms with Crippen LogP contribution in [0.4, 0.5) is 5.82 Å². The van der Waals surface area contributed by atoms with Crippen LogP contribution >= 0.6 is 0 Å². The number of amides is 1. The summed E-state index contributed by atoms with van der Waals surface area (Å²) >= 11 is 0. The predicted octanol–water partition coefficient (Wildman–Crippen LogP) is 5.64. The molecule has 2 heterocycles. The zero-order valence-corrected chi connectivity index (χ0v) is 19.5. The number of fused-ring (bicyclic) bond motifs is 7. The molecule has 5 atom stereocenters. The van der Waals surface area contributed by atoms with Gasteiger partial charge in [0.2, 0.25) is 5.91 Å². The maximum Gasteiger partial charge on any atom is 0.225 e. The number of H-pyrrole nitrogens is 1. The van der Waals surface area contributed by atoms with E-state index in [1.807, 2.05) is 31.3 Å². The number of rotatable bonds is 4. The molecular weight excluding hydrogens is 408 g/mol. The number of aromatic nitrogens is 3. The molecule has 0 bridgehead atoms. The number of carbonyl (C=O) groups is 1. The van der Waals surface area contributed by atoms with Gasteiger partial charge in [0.25, 0.3) is 0 Å². The van der Waals surface area contributed by atoms with E-state index < -0.39 is 0 Å². The smallest absolute Gasteiger partial charge is 0.225 e. The van der Waals surface area contributed by atoms with Crippen molar-refractivity contribution in [3.63, 3.8) is 0 Å². The first-order chi connectivity index (χ1) is 16.0. The number of benzene rings is 1. The highest BCUT2D eigenvalue weighted by atomic mass is 16.1.